The molecule has 12 heavy (non-hydrogen) atoms. The van der Waals surface area contributed by atoms with Crippen molar-refractivity contribution < 1.29 is 0 Å². The topological polar surface area (TPSA) is 61.5 Å². The third-order valence-corrected chi connectivity index (χ3v) is 1.89. The molecule has 0 fully saturated rings. The molecule has 2 rings (SSSR count). The van der Waals surface area contributed by atoms with Gasteiger partial charge in [0.05, 0.1) is 5.39 Å². The molecular formula is C7H6ClN3O. The molecule has 5 heteroatoms. The summed E-state index contributed by atoms with van der Waals surface area (Å²) in [5.74, 6) is 0. The summed E-state index contributed by atoms with van der Waals surface area (Å²) in [6, 6.07) is 0. The van der Waals surface area contributed by atoms with Crippen LogP contribution in [0.5, 0.6) is 0 Å². The van der Waals surface area contributed by atoms with Crippen LogP contribution in [0.1, 0.15) is 5.56 Å². The van der Waals surface area contributed by atoms with E-state index in [1.54, 1.807) is 6.20 Å². The van der Waals surface area contributed by atoms with Gasteiger partial charge in [-0.3, -0.25) is 9.78 Å². The van der Waals surface area contributed by atoms with E-state index in [1.807, 2.05) is 6.92 Å². The first-order valence-corrected chi connectivity index (χ1v) is 3.80. The van der Waals surface area contributed by atoms with Gasteiger partial charge >= 0.3 is 0 Å². The Kier molecular flexibility index (Phi) is 1.44. The molecule has 0 aliphatic rings. The Morgan fingerprint density at radius 1 is 1.58 bits per heavy atom. The van der Waals surface area contributed by atoms with Crippen LogP contribution < -0.4 is 5.56 Å². The third-order valence-electron chi connectivity index (χ3n) is 1.71. The summed E-state index contributed by atoms with van der Waals surface area (Å²) in [4.78, 5) is 20.5. The highest BCUT2D eigenvalue weighted by atomic mass is 35.5. The molecule has 0 aliphatic carbocycles. The Bertz CT molecular complexity index is 485. The van der Waals surface area contributed by atoms with Crippen LogP contribution in [0.15, 0.2) is 11.0 Å². The maximum absolute atomic E-state index is 11.3. The van der Waals surface area contributed by atoms with Crippen LogP contribution in [-0.2, 0) is 0 Å². The lowest BCUT2D eigenvalue weighted by atomic mass is 10.3. The highest BCUT2D eigenvalue weighted by Crippen LogP contribution is 2.11. The van der Waals surface area contributed by atoms with Gasteiger partial charge in [-0.2, -0.15) is 0 Å². The number of halogens is 1. The SMILES string of the molecule is Cc1c[nH]c2nc(Cl)[nH]c(=O)c12. The number of aromatic amines is 2. The van der Waals surface area contributed by atoms with Gasteiger partial charge in [-0.15, -0.1) is 0 Å². The second kappa shape index (κ2) is 2.35. The summed E-state index contributed by atoms with van der Waals surface area (Å²) in [5.41, 5.74) is 1.19. The van der Waals surface area contributed by atoms with Gasteiger partial charge in [-0.05, 0) is 24.1 Å². The summed E-state index contributed by atoms with van der Waals surface area (Å²) < 4.78 is 0. The van der Waals surface area contributed by atoms with E-state index in [0.29, 0.717) is 11.0 Å². The zero-order valence-corrected chi connectivity index (χ0v) is 7.07. The molecule has 62 valence electrons. The van der Waals surface area contributed by atoms with Crippen LogP contribution in [0.4, 0.5) is 0 Å². The molecule has 2 aromatic rings. The fraction of sp³-hybridized carbons (Fsp3) is 0.143. The van der Waals surface area contributed by atoms with Crippen molar-refractivity contribution in [1.82, 2.24) is 15.0 Å². The standard InChI is InChI=1S/C7H6ClN3O/c1-3-2-9-5-4(3)6(12)11-7(8)10-5/h2H,1H3,(H2,9,10,11,12). The van der Waals surface area contributed by atoms with Crippen LogP contribution >= 0.6 is 11.6 Å². The van der Waals surface area contributed by atoms with Gasteiger partial charge in [0.15, 0.2) is 0 Å². The lowest BCUT2D eigenvalue weighted by Crippen LogP contribution is -2.07. The number of aromatic nitrogens is 3. The second-order valence-corrected chi connectivity index (χ2v) is 2.91. The van der Waals surface area contributed by atoms with Crippen molar-refractivity contribution in [3.63, 3.8) is 0 Å². The first-order valence-electron chi connectivity index (χ1n) is 3.42. The van der Waals surface area contributed by atoms with Gasteiger partial charge in [-0.25, -0.2) is 4.98 Å². The quantitative estimate of drug-likeness (QED) is 0.604. The lowest BCUT2D eigenvalue weighted by Gasteiger charge is -1.90. The Morgan fingerprint density at radius 3 is 3.08 bits per heavy atom. The maximum Gasteiger partial charge on any atom is 0.261 e. The van der Waals surface area contributed by atoms with Crippen LogP contribution in [0.3, 0.4) is 0 Å². The highest BCUT2D eigenvalue weighted by molar-refractivity contribution is 6.28. The van der Waals surface area contributed by atoms with Crippen LogP contribution in [0.25, 0.3) is 11.0 Å². The van der Waals surface area contributed by atoms with E-state index in [4.69, 9.17) is 11.6 Å². The monoisotopic (exact) mass is 183 g/mol. The molecule has 0 saturated carbocycles. The molecule has 0 atom stereocenters. The molecule has 0 amide bonds. The number of nitrogens with zero attached hydrogens (tertiary/aromatic N) is 1. The van der Waals surface area contributed by atoms with Gasteiger partial charge in [-0.1, -0.05) is 0 Å². The van der Waals surface area contributed by atoms with Crippen molar-refractivity contribution >= 4 is 22.6 Å². The van der Waals surface area contributed by atoms with Crippen LogP contribution in [-0.4, -0.2) is 15.0 Å². The fourth-order valence-electron chi connectivity index (χ4n) is 1.16. The van der Waals surface area contributed by atoms with Crippen LogP contribution in [0, 0.1) is 6.92 Å². The minimum absolute atomic E-state index is 0.106. The lowest BCUT2D eigenvalue weighted by molar-refractivity contribution is 1.16. The van der Waals surface area contributed by atoms with E-state index < -0.39 is 0 Å². The molecule has 0 unspecified atom stereocenters. The molecule has 0 aliphatic heterocycles. The highest BCUT2D eigenvalue weighted by Gasteiger charge is 2.05. The summed E-state index contributed by atoms with van der Waals surface area (Å²) in [5, 5.41) is 0.675. The van der Waals surface area contributed by atoms with E-state index >= 15 is 0 Å². The largest absolute Gasteiger partial charge is 0.346 e. The summed E-state index contributed by atoms with van der Waals surface area (Å²) in [7, 11) is 0. The molecule has 2 aromatic heterocycles. The number of hydrogen-bond acceptors (Lipinski definition) is 2. The molecule has 0 spiro atoms. The van der Waals surface area contributed by atoms with E-state index in [9.17, 15) is 4.79 Å². The third kappa shape index (κ3) is 0.921. The number of nitrogens with one attached hydrogen (secondary N) is 2. The predicted molar refractivity (Wildman–Crippen MR) is 46.5 cm³/mol. The Balaban J connectivity index is 3.03. The van der Waals surface area contributed by atoms with Gasteiger partial charge in [0.2, 0.25) is 5.28 Å². The molecule has 2 heterocycles. The molecule has 4 nitrogen and oxygen atoms in total. The summed E-state index contributed by atoms with van der Waals surface area (Å²) in [6.45, 7) is 1.84. The average Bonchev–Trinajstić information content (AvgIpc) is 2.31. The van der Waals surface area contributed by atoms with Crippen molar-refractivity contribution in [3.8, 4) is 0 Å². The van der Waals surface area contributed by atoms with E-state index in [1.165, 1.54) is 0 Å². The van der Waals surface area contributed by atoms with Crippen molar-refractivity contribution in [1.29, 1.82) is 0 Å². The minimum atomic E-state index is -0.205. The summed E-state index contributed by atoms with van der Waals surface area (Å²) >= 11 is 5.55. The van der Waals surface area contributed by atoms with E-state index in [2.05, 4.69) is 15.0 Å². The van der Waals surface area contributed by atoms with E-state index in [-0.39, 0.29) is 10.8 Å². The van der Waals surface area contributed by atoms with Crippen molar-refractivity contribution in [2.24, 2.45) is 0 Å². The van der Waals surface area contributed by atoms with Gasteiger partial charge in [0.25, 0.3) is 5.56 Å². The molecule has 0 aromatic carbocycles. The van der Waals surface area contributed by atoms with Gasteiger partial charge < -0.3 is 4.98 Å². The normalized spacial score (nSPS) is 10.8. The number of fused-ring (bicyclic) bond motifs is 1. The predicted octanol–water partition coefficient (Wildman–Crippen LogP) is 1.21. The molecule has 2 N–H and O–H groups in total. The number of rotatable bonds is 0. The Labute approximate surface area is 72.6 Å². The zero-order chi connectivity index (χ0) is 8.72. The Morgan fingerprint density at radius 2 is 2.33 bits per heavy atom. The molecule has 0 radical (unpaired) electrons. The fourth-order valence-corrected chi connectivity index (χ4v) is 1.34. The van der Waals surface area contributed by atoms with Gasteiger partial charge in [0, 0.05) is 6.20 Å². The zero-order valence-electron chi connectivity index (χ0n) is 6.31. The van der Waals surface area contributed by atoms with Crippen molar-refractivity contribution in [3.05, 3.63) is 27.4 Å². The average molecular weight is 184 g/mol. The molecule has 0 saturated heterocycles. The van der Waals surface area contributed by atoms with Gasteiger partial charge in [0.1, 0.15) is 5.65 Å². The van der Waals surface area contributed by atoms with Crippen LogP contribution in [0.2, 0.25) is 5.28 Å². The van der Waals surface area contributed by atoms with Crippen molar-refractivity contribution in [2.45, 2.75) is 6.92 Å². The maximum atomic E-state index is 11.3. The molecular weight excluding hydrogens is 178 g/mol. The number of H-pyrrole nitrogens is 2. The molecule has 0 bridgehead atoms. The minimum Gasteiger partial charge on any atom is -0.346 e. The first kappa shape index (κ1) is 7.36. The Hall–Kier alpha value is -1.29. The summed E-state index contributed by atoms with van der Waals surface area (Å²) in [6.07, 6.45) is 1.73. The smallest absolute Gasteiger partial charge is 0.261 e. The van der Waals surface area contributed by atoms with E-state index in [0.717, 1.165) is 5.56 Å². The second-order valence-electron chi connectivity index (χ2n) is 2.55. The number of hydrogen-bond donors (Lipinski definition) is 2. The number of aryl methyl sites for hydroxylation is 1. The first-order chi connectivity index (χ1) is 5.68. The van der Waals surface area contributed by atoms with Crippen molar-refractivity contribution in [2.75, 3.05) is 0 Å².